The highest BCUT2D eigenvalue weighted by Crippen LogP contribution is 2.25. The molecular weight excluding hydrogens is 285 g/mol. The van der Waals surface area contributed by atoms with E-state index in [1.54, 1.807) is 24.3 Å². The van der Waals surface area contributed by atoms with Crippen LogP contribution in [0.3, 0.4) is 0 Å². The predicted octanol–water partition coefficient (Wildman–Crippen LogP) is 3.19. The van der Waals surface area contributed by atoms with Crippen LogP contribution < -0.4 is 4.74 Å². The molecule has 3 nitrogen and oxygen atoms in total. The highest BCUT2D eigenvalue weighted by atomic mass is 35.5. The molecule has 2 rings (SSSR count). The third-order valence-corrected chi connectivity index (χ3v) is 4.07. The number of hydrogen-bond acceptors (Lipinski definition) is 2. The van der Waals surface area contributed by atoms with Crippen molar-refractivity contribution in [3.05, 3.63) is 29.3 Å². The number of benzene rings is 1. The minimum absolute atomic E-state index is 0.0185. The van der Waals surface area contributed by atoms with Crippen molar-refractivity contribution in [1.29, 1.82) is 0 Å². The average Bonchev–Trinajstić information content (AvgIpc) is 2.77. The van der Waals surface area contributed by atoms with E-state index in [9.17, 15) is 4.79 Å². The largest absolute Gasteiger partial charge is 0.484 e. The molecule has 5 heteroatoms. The fraction of sp³-hybridized carbons (Fsp3) is 0.500. The molecule has 1 heterocycles. The summed E-state index contributed by atoms with van der Waals surface area (Å²) in [4.78, 5) is 13.9. The van der Waals surface area contributed by atoms with Crippen molar-refractivity contribution in [3.8, 4) is 5.75 Å². The molecule has 1 aromatic carbocycles. The van der Waals surface area contributed by atoms with Crippen LogP contribution in [0, 0.1) is 5.92 Å². The molecule has 1 amide bonds. The van der Waals surface area contributed by atoms with Gasteiger partial charge in [0.05, 0.1) is 0 Å². The summed E-state index contributed by atoms with van der Waals surface area (Å²) in [5.74, 6) is 1.52. The third kappa shape index (κ3) is 3.54. The summed E-state index contributed by atoms with van der Waals surface area (Å²) in [6, 6.07) is 7.16. The number of amides is 1. The molecule has 19 heavy (non-hydrogen) atoms. The van der Waals surface area contributed by atoms with E-state index in [1.807, 2.05) is 4.90 Å². The van der Waals surface area contributed by atoms with Gasteiger partial charge in [-0.05, 0) is 30.5 Å². The van der Waals surface area contributed by atoms with Crippen molar-refractivity contribution in [2.45, 2.75) is 19.4 Å². The lowest BCUT2D eigenvalue weighted by Crippen LogP contribution is -2.41. The Kier molecular flexibility index (Phi) is 4.94. The van der Waals surface area contributed by atoms with Crippen LogP contribution in [0.4, 0.5) is 0 Å². The lowest BCUT2D eigenvalue weighted by atomic mass is 10.1. The number of carbonyl (C=O) groups excluding carboxylic acids is 1. The minimum Gasteiger partial charge on any atom is -0.484 e. The first-order valence-corrected chi connectivity index (χ1v) is 7.27. The molecule has 0 N–H and O–H groups in total. The fourth-order valence-corrected chi connectivity index (χ4v) is 2.99. The Morgan fingerprint density at radius 3 is 3.00 bits per heavy atom. The van der Waals surface area contributed by atoms with E-state index in [4.69, 9.17) is 27.9 Å². The number of carbonyl (C=O) groups is 1. The topological polar surface area (TPSA) is 29.5 Å². The van der Waals surface area contributed by atoms with Crippen LogP contribution in [-0.2, 0) is 4.79 Å². The van der Waals surface area contributed by atoms with Crippen molar-refractivity contribution >= 4 is 29.1 Å². The monoisotopic (exact) mass is 301 g/mol. The van der Waals surface area contributed by atoms with Crippen LogP contribution in [0.1, 0.15) is 13.3 Å². The average molecular weight is 302 g/mol. The summed E-state index contributed by atoms with van der Waals surface area (Å²) in [5.41, 5.74) is 0. The van der Waals surface area contributed by atoms with E-state index < -0.39 is 0 Å². The van der Waals surface area contributed by atoms with Gasteiger partial charge >= 0.3 is 0 Å². The van der Waals surface area contributed by atoms with Gasteiger partial charge in [-0.2, -0.15) is 0 Å². The van der Waals surface area contributed by atoms with Gasteiger partial charge < -0.3 is 9.64 Å². The van der Waals surface area contributed by atoms with Crippen LogP contribution in [0.5, 0.6) is 5.75 Å². The fourth-order valence-electron chi connectivity index (χ4n) is 2.34. The Balaban J connectivity index is 1.91. The Morgan fingerprint density at radius 2 is 2.32 bits per heavy atom. The van der Waals surface area contributed by atoms with E-state index in [-0.39, 0.29) is 18.6 Å². The molecule has 0 saturated carbocycles. The molecule has 0 bridgehead atoms. The molecule has 1 aromatic rings. The second-order valence-electron chi connectivity index (χ2n) is 4.82. The highest BCUT2D eigenvalue weighted by molar-refractivity contribution is 6.30. The summed E-state index contributed by atoms with van der Waals surface area (Å²) in [7, 11) is 0. The Hall–Kier alpha value is -0.930. The number of hydrogen-bond donors (Lipinski definition) is 0. The first-order valence-electron chi connectivity index (χ1n) is 6.35. The normalized spacial score (nSPS) is 22.6. The van der Waals surface area contributed by atoms with Gasteiger partial charge in [-0.15, -0.1) is 11.6 Å². The van der Waals surface area contributed by atoms with Crippen LogP contribution in [-0.4, -0.2) is 35.9 Å². The molecule has 1 aliphatic rings. The second-order valence-corrected chi connectivity index (χ2v) is 5.57. The van der Waals surface area contributed by atoms with Crippen LogP contribution in [0.2, 0.25) is 5.02 Å². The maximum atomic E-state index is 12.1. The van der Waals surface area contributed by atoms with Gasteiger partial charge in [-0.3, -0.25) is 4.79 Å². The number of halogens is 2. The van der Waals surface area contributed by atoms with Crippen LogP contribution >= 0.6 is 23.2 Å². The number of likely N-dealkylation sites (tertiary alicyclic amines) is 1. The first-order chi connectivity index (χ1) is 9.11. The van der Waals surface area contributed by atoms with Gasteiger partial charge in [-0.25, -0.2) is 0 Å². The van der Waals surface area contributed by atoms with Gasteiger partial charge in [0, 0.05) is 23.5 Å². The minimum atomic E-state index is -0.0185. The maximum absolute atomic E-state index is 12.1. The first kappa shape index (κ1) is 14.5. The summed E-state index contributed by atoms with van der Waals surface area (Å²) in [5, 5.41) is 0.596. The third-order valence-electron chi connectivity index (χ3n) is 3.52. The molecule has 0 radical (unpaired) electrons. The predicted molar refractivity (Wildman–Crippen MR) is 76.9 cm³/mol. The number of nitrogens with zero attached hydrogens (tertiary/aromatic N) is 1. The maximum Gasteiger partial charge on any atom is 0.260 e. The highest BCUT2D eigenvalue weighted by Gasteiger charge is 2.33. The molecule has 1 saturated heterocycles. The van der Waals surface area contributed by atoms with Crippen molar-refractivity contribution < 1.29 is 9.53 Å². The van der Waals surface area contributed by atoms with E-state index >= 15 is 0 Å². The smallest absolute Gasteiger partial charge is 0.260 e. The molecule has 104 valence electrons. The van der Waals surface area contributed by atoms with Crippen molar-refractivity contribution in [3.63, 3.8) is 0 Å². The lowest BCUT2D eigenvalue weighted by Gasteiger charge is -2.25. The zero-order valence-corrected chi connectivity index (χ0v) is 12.3. The van der Waals surface area contributed by atoms with Crippen molar-refractivity contribution in [1.82, 2.24) is 4.90 Å². The molecule has 1 fully saturated rings. The molecule has 2 atom stereocenters. The van der Waals surface area contributed by atoms with Crippen LogP contribution in [0.15, 0.2) is 24.3 Å². The standard InChI is InChI=1S/C14H17Cl2NO2/c1-10-5-6-17(13(10)8-15)14(18)9-19-12-4-2-3-11(16)7-12/h2-4,7,10,13H,5-6,8-9H2,1H3. The number of ether oxygens (including phenoxy) is 1. The number of rotatable bonds is 4. The van der Waals surface area contributed by atoms with E-state index in [0.717, 1.165) is 13.0 Å². The molecule has 0 aliphatic carbocycles. The molecular formula is C14H17Cl2NO2. The van der Waals surface area contributed by atoms with E-state index in [2.05, 4.69) is 6.92 Å². The van der Waals surface area contributed by atoms with E-state index in [0.29, 0.717) is 22.6 Å². The van der Waals surface area contributed by atoms with Crippen molar-refractivity contribution in [2.75, 3.05) is 19.0 Å². The SMILES string of the molecule is CC1CCN(C(=O)COc2cccc(Cl)c2)C1CCl. The summed E-state index contributed by atoms with van der Waals surface area (Å²) in [6.45, 7) is 2.91. The quantitative estimate of drug-likeness (QED) is 0.799. The second kappa shape index (κ2) is 6.49. The summed E-state index contributed by atoms with van der Waals surface area (Å²) in [6.07, 6.45) is 1.00. The lowest BCUT2D eigenvalue weighted by molar-refractivity contribution is -0.134. The van der Waals surface area contributed by atoms with Gasteiger partial charge in [0.25, 0.3) is 5.91 Å². The zero-order chi connectivity index (χ0) is 13.8. The summed E-state index contributed by atoms with van der Waals surface area (Å²) >= 11 is 11.8. The number of alkyl halides is 1. The van der Waals surface area contributed by atoms with Gasteiger partial charge in [0.2, 0.25) is 0 Å². The Labute approximate surface area is 123 Å². The van der Waals surface area contributed by atoms with Crippen molar-refractivity contribution in [2.24, 2.45) is 5.92 Å². The van der Waals surface area contributed by atoms with Gasteiger partial charge in [0.1, 0.15) is 5.75 Å². The summed E-state index contributed by atoms with van der Waals surface area (Å²) < 4.78 is 5.47. The molecule has 2 unspecified atom stereocenters. The van der Waals surface area contributed by atoms with Crippen LogP contribution in [0.25, 0.3) is 0 Å². The van der Waals surface area contributed by atoms with E-state index in [1.165, 1.54) is 0 Å². The zero-order valence-electron chi connectivity index (χ0n) is 10.8. The molecule has 1 aliphatic heterocycles. The van der Waals surface area contributed by atoms with Gasteiger partial charge in [-0.1, -0.05) is 24.6 Å². The van der Waals surface area contributed by atoms with Gasteiger partial charge in [0.15, 0.2) is 6.61 Å². The molecule has 0 spiro atoms. The molecule has 0 aromatic heterocycles. The Bertz CT molecular complexity index is 453. The Morgan fingerprint density at radius 1 is 1.53 bits per heavy atom.